The predicted octanol–water partition coefficient (Wildman–Crippen LogP) is 3.85. The molecule has 0 radical (unpaired) electrons. The van der Waals surface area contributed by atoms with Crippen LogP contribution in [0.25, 0.3) is 0 Å². The molecule has 0 saturated carbocycles. The third kappa shape index (κ3) is 2.83. The Balaban J connectivity index is 1.79. The Kier molecular flexibility index (Phi) is 3.98. The van der Waals surface area contributed by atoms with Gasteiger partial charge >= 0.3 is 0 Å². The molecular formula is C14H11BrClNO3. The number of nitrogens with zero attached hydrogens (tertiary/aromatic N) is 1. The van der Waals surface area contributed by atoms with E-state index in [9.17, 15) is 0 Å². The zero-order valence-electron chi connectivity index (χ0n) is 10.4. The molecule has 0 atom stereocenters. The fourth-order valence-electron chi connectivity index (χ4n) is 1.85. The first kappa shape index (κ1) is 13.5. The third-order valence-corrected chi connectivity index (χ3v) is 3.84. The van der Waals surface area contributed by atoms with Crippen molar-refractivity contribution in [2.24, 2.45) is 0 Å². The molecule has 6 heteroatoms. The van der Waals surface area contributed by atoms with Crippen molar-refractivity contribution in [1.82, 2.24) is 4.98 Å². The standard InChI is InChI=1S/C14H11BrClNO3/c15-10-7-13-12(18-4-5-19-13)6-9(10)8-20-11-2-1-3-17-14(11)16/h1-3,6-7H,4-5,8H2. The van der Waals surface area contributed by atoms with Crippen LogP contribution >= 0.6 is 27.5 Å². The third-order valence-electron chi connectivity index (χ3n) is 2.82. The van der Waals surface area contributed by atoms with E-state index < -0.39 is 0 Å². The van der Waals surface area contributed by atoms with E-state index >= 15 is 0 Å². The lowest BCUT2D eigenvalue weighted by Crippen LogP contribution is -2.15. The average Bonchev–Trinajstić information content (AvgIpc) is 2.46. The van der Waals surface area contributed by atoms with Crippen LogP contribution in [-0.4, -0.2) is 18.2 Å². The molecule has 1 aliphatic heterocycles. The van der Waals surface area contributed by atoms with Gasteiger partial charge in [0, 0.05) is 16.2 Å². The number of benzene rings is 1. The lowest BCUT2D eigenvalue weighted by Gasteiger charge is -2.20. The van der Waals surface area contributed by atoms with E-state index in [0.717, 1.165) is 21.5 Å². The van der Waals surface area contributed by atoms with Gasteiger partial charge in [0.2, 0.25) is 0 Å². The number of ether oxygens (including phenoxy) is 3. The van der Waals surface area contributed by atoms with Gasteiger partial charge in [-0.05, 0) is 24.3 Å². The SMILES string of the molecule is Clc1ncccc1OCc1cc2c(cc1Br)OCCO2. The summed E-state index contributed by atoms with van der Waals surface area (Å²) in [6, 6.07) is 7.35. The highest BCUT2D eigenvalue weighted by atomic mass is 79.9. The monoisotopic (exact) mass is 355 g/mol. The topological polar surface area (TPSA) is 40.6 Å². The molecule has 0 unspecified atom stereocenters. The molecule has 0 aliphatic carbocycles. The molecule has 20 heavy (non-hydrogen) atoms. The number of pyridine rings is 1. The van der Waals surface area contributed by atoms with Gasteiger partial charge in [0.15, 0.2) is 22.4 Å². The smallest absolute Gasteiger partial charge is 0.171 e. The van der Waals surface area contributed by atoms with Crippen LogP contribution in [0.1, 0.15) is 5.56 Å². The number of aromatic nitrogens is 1. The summed E-state index contributed by atoms with van der Waals surface area (Å²) >= 11 is 9.46. The Morgan fingerprint density at radius 3 is 2.75 bits per heavy atom. The zero-order chi connectivity index (χ0) is 13.9. The summed E-state index contributed by atoms with van der Waals surface area (Å²) in [5.74, 6) is 2.03. The second-order valence-corrected chi connectivity index (χ2v) is 5.38. The highest BCUT2D eigenvalue weighted by Gasteiger charge is 2.15. The van der Waals surface area contributed by atoms with Crippen LogP contribution in [0.2, 0.25) is 5.15 Å². The van der Waals surface area contributed by atoms with Crippen molar-refractivity contribution in [2.75, 3.05) is 13.2 Å². The summed E-state index contributed by atoms with van der Waals surface area (Å²) < 4.78 is 17.6. The summed E-state index contributed by atoms with van der Waals surface area (Å²) in [5, 5.41) is 0.348. The molecule has 2 heterocycles. The van der Waals surface area contributed by atoms with Crippen LogP contribution in [-0.2, 0) is 6.61 Å². The lowest BCUT2D eigenvalue weighted by molar-refractivity contribution is 0.171. The Bertz CT molecular complexity index is 636. The van der Waals surface area contributed by atoms with Crippen LogP contribution < -0.4 is 14.2 Å². The highest BCUT2D eigenvalue weighted by Crippen LogP contribution is 2.36. The molecule has 0 bridgehead atoms. The number of halogens is 2. The molecule has 0 fully saturated rings. The van der Waals surface area contributed by atoms with Gasteiger partial charge in [-0.2, -0.15) is 0 Å². The number of fused-ring (bicyclic) bond motifs is 1. The van der Waals surface area contributed by atoms with Gasteiger partial charge in [-0.3, -0.25) is 0 Å². The molecule has 1 aromatic carbocycles. The van der Waals surface area contributed by atoms with Crippen molar-refractivity contribution in [3.63, 3.8) is 0 Å². The Morgan fingerprint density at radius 2 is 2.00 bits per heavy atom. The van der Waals surface area contributed by atoms with Gasteiger partial charge in [0.1, 0.15) is 19.8 Å². The van der Waals surface area contributed by atoms with Gasteiger partial charge in [0.05, 0.1) is 0 Å². The predicted molar refractivity (Wildman–Crippen MR) is 78.7 cm³/mol. The van der Waals surface area contributed by atoms with Gasteiger partial charge in [-0.25, -0.2) is 4.98 Å². The number of rotatable bonds is 3. The average molecular weight is 357 g/mol. The zero-order valence-corrected chi connectivity index (χ0v) is 12.8. The van der Waals surface area contributed by atoms with Crippen molar-refractivity contribution in [3.05, 3.63) is 45.7 Å². The maximum absolute atomic E-state index is 5.95. The maximum atomic E-state index is 5.95. The van der Waals surface area contributed by atoms with E-state index in [1.54, 1.807) is 18.3 Å². The van der Waals surface area contributed by atoms with Crippen LogP contribution in [0.3, 0.4) is 0 Å². The highest BCUT2D eigenvalue weighted by molar-refractivity contribution is 9.10. The summed E-state index contributed by atoms with van der Waals surface area (Å²) in [6.07, 6.45) is 1.62. The van der Waals surface area contributed by atoms with Crippen LogP contribution in [0.5, 0.6) is 17.2 Å². The molecule has 0 spiro atoms. The number of hydrogen-bond acceptors (Lipinski definition) is 4. The molecule has 1 aromatic heterocycles. The molecule has 3 rings (SSSR count). The van der Waals surface area contributed by atoms with Crippen LogP contribution in [0.15, 0.2) is 34.9 Å². The molecule has 0 amide bonds. The molecule has 4 nitrogen and oxygen atoms in total. The first-order valence-electron chi connectivity index (χ1n) is 6.05. The number of hydrogen-bond donors (Lipinski definition) is 0. The second kappa shape index (κ2) is 5.89. The van der Waals surface area contributed by atoms with E-state index in [-0.39, 0.29) is 0 Å². The van der Waals surface area contributed by atoms with E-state index in [0.29, 0.717) is 30.7 Å². The van der Waals surface area contributed by atoms with E-state index in [1.165, 1.54) is 0 Å². The van der Waals surface area contributed by atoms with E-state index in [4.69, 9.17) is 25.8 Å². The first-order chi connectivity index (χ1) is 9.74. The van der Waals surface area contributed by atoms with Gasteiger partial charge < -0.3 is 14.2 Å². The fourth-order valence-corrected chi connectivity index (χ4v) is 2.46. The van der Waals surface area contributed by atoms with Crippen LogP contribution in [0, 0.1) is 0 Å². The molecule has 104 valence electrons. The summed E-state index contributed by atoms with van der Waals surface area (Å²) in [6.45, 7) is 1.49. The van der Waals surface area contributed by atoms with Crippen molar-refractivity contribution >= 4 is 27.5 Å². The van der Waals surface area contributed by atoms with Crippen molar-refractivity contribution in [2.45, 2.75) is 6.61 Å². The normalized spacial score (nSPS) is 13.1. The van der Waals surface area contributed by atoms with E-state index in [1.807, 2.05) is 12.1 Å². The Hall–Kier alpha value is -1.46. The van der Waals surface area contributed by atoms with Crippen molar-refractivity contribution in [1.29, 1.82) is 0 Å². The maximum Gasteiger partial charge on any atom is 0.171 e. The van der Waals surface area contributed by atoms with Crippen molar-refractivity contribution < 1.29 is 14.2 Å². The first-order valence-corrected chi connectivity index (χ1v) is 7.22. The minimum absolute atomic E-state index is 0.348. The largest absolute Gasteiger partial charge is 0.486 e. The van der Waals surface area contributed by atoms with Gasteiger partial charge in [0.25, 0.3) is 0 Å². The Labute approximate surface area is 129 Å². The molecule has 2 aromatic rings. The minimum atomic E-state index is 0.348. The molecular weight excluding hydrogens is 346 g/mol. The second-order valence-electron chi connectivity index (χ2n) is 4.17. The lowest BCUT2D eigenvalue weighted by atomic mass is 10.2. The van der Waals surface area contributed by atoms with Gasteiger partial charge in [-0.15, -0.1) is 0 Å². The summed E-state index contributed by atoms with van der Waals surface area (Å²) in [4.78, 5) is 3.97. The molecule has 0 saturated heterocycles. The molecule has 1 aliphatic rings. The minimum Gasteiger partial charge on any atom is -0.486 e. The van der Waals surface area contributed by atoms with E-state index in [2.05, 4.69) is 20.9 Å². The van der Waals surface area contributed by atoms with Crippen LogP contribution in [0.4, 0.5) is 0 Å². The Morgan fingerprint density at radius 1 is 1.25 bits per heavy atom. The summed E-state index contributed by atoms with van der Waals surface area (Å²) in [5.41, 5.74) is 0.953. The van der Waals surface area contributed by atoms with Gasteiger partial charge in [-0.1, -0.05) is 27.5 Å². The fraction of sp³-hybridized carbons (Fsp3) is 0.214. The van der Waals surface area contributed by atoms with Crippen molar-refractivity contribution in [3.8, 4) is 17.2 Å². The molecule has 0 N–H and O–H groups in total. The summed E-state index contributed by atoms with van der Waals surface area (Å²) in [7, 11) is 0. The quantitative estimate of drug-likeness (QED) is 0.783.